The Hall–Kier alpha value is -3.89. The Morgan fingerprint density at radius 3 is 2.21 bits per heavy atom. The molecule has 2 amide bonds. The van der Waals surface area contributed by atoms with Crippen LogP contribution in [0.2, 0.25) is 5.02 Å². The maximum atomic E-state index is 13.5. The van der Waals surface area contributed by atoms with E-state index in [1.807, 2.05) is 72.8 Å². The largest absolute Gasteiger partial charge is 0.350 e. The number of nitrogens with one attached hydrogen (secondary N) is 1. The van der Waals surface area contributed by atoms with Gasteiger partial charge in [0.1, 0.15) is 5.70 Å². The van der Waals surface area contributed by atoms with E-state index in [-0.39, 0.29) is 17.5 Å². The first-order chi connectivity index (χ1) is 16.1. The van der Waals surface area contributed by atoms with Gasteiger partial charge in [0.25, 0.3) is 11.8 Å². The maximum absolute atomic E-state index is 13.5. The van der Waals surface area contributed by atoms with Crippen LogP contribution in [0.4, 0.5) is 5.69 Å². The summed E-state index contributed by atoms with van der Waals surface area (Å²) in [5, 5.41) is 5.89. The number of fused-ring (bicyclic) bond motifs is 1. The van der Waals surface area contributed by atoms with Crippen molar-refractivity contribution in [3.8, 4) is 0 Å². The Morgan fingerprint density at radius 2 is 1.42 bits per heavy atom. The third-order valence-electron chi connectivity index (χ3n) is 5.82. The summed E-state index contributed by atoms with van der Waals surface area (Å²) in [5.74, 6) is -0.630. The van der Waals surface area contributed by atoms with E-state index < -0.39 is 0 Å². The Labute approximate surface area is 197 Å². The fraction of sp³-hybridized carbons (Fsp3) is 0.0714. The topological polar surface area (TPSA) is 49.4 Å². The summed E-state index contributed by atoms with van der Waals surface area (Å²) in [7, 11) is 0. The number of carbonyl (C=O) groups is 2. The van der Waals surface area contributed by atoms with Crippen molar-refractivity contribution in [1.82, 2.24) is 4.90 Å². The molecule has 0 radical (unpaired) electrons. The molecule has 0 saturated carbocycles. The van der Waals surface area contributed by atoms with E-state index in [2.05, 4.69) is 5.32 Å². The predicted octanol–water partition coefficient (Wildman–Crippen LogP) is 5.93. The third kappa shape index (κ3) is 4.13. The molecule has 162 valence electrons. The van der Waals surface area contributed by atoms with E-state index in [1.54, 1.807) is 24.3 Å². The normalized spacial score (nSPS) is 13.8. The van der Waals surface area contributed by atoms with Crippen molar-refractivity contribution in [3.63, 3.8) is 0 Å². The molecule has 0 unspecified atom stereocenters. The van der Waals surface area contributed by atoms with Gasteiger partial charge in [-0.05, 0) is 41.1 Å². The van der Waals surface area contributed by atoms with Crippen molar-refractivity contribution < 1.29 is 9.59 Å². The van der Waals surface area contributed by atoms with Gasteiger partial charge in [0.2, 0.25) is 0 Å². The monoisotopic (exact) mass is 452 g/mol. The van der Waals surface area contributed by atoms with Gasteiger partial charge in [0.05, 0.1) is 5.57 Å². The molecule has 5 heteroatoms. The van der Waals surface area contributed by atoms with Gasteiger partial charge in [-0.15, -0.1) is 0 Å². The fourth-order valence-electron chi connectivity index (χ4n) is 4.13. The minimum Gasteiger partial charge on any atom is -0.350 e. The van der Waals surface area contributed by atoms with E-state index in [1.165, 1.54) is 4.90 Å². The van der Waals surface area contributed by atoms with Gasteiger partial charge >= 0.3 is 0 Å². The lowest BCUT2D eigenvalue weighted by Crippen LogP contribution is -2.34. The van der Waals surface area contributed by atoms with Gasteiger partial charge in [-0.1, -0.05) is 90.5 Å². The maximum Gasteiger partial charge on any atom is 0.278 e. The minimum atomic E-state index is -0.325. The highest BCUT2D eigenvalue weighted by Crippen LogP contribution is 2.33. The molecule has 1 aliphatic heterocycles. The molecule has 5 rings (SSSR count). The average molecular weight is 453 g/mol. The second-order valence-corrected chi connectivity index (χ2v) is 8.34. The summed E-state index contributed by atoms with van der Waals surface area (Å²) >= 11 is 6.07. The van der Waals surface area contributed by atoms with Crippen LogP contribution in [0, 0.1) is 0 Å². The number of imide groups is 1. The summed E-state index contributed by atoms with van der Waals surface area (Å²) in [4.78, 5) is 28.3. The molecule has 0 saturated heterocycles. The smallest absolute Gasteiger partial charge is 0.278 e. The standard InChI is InChI=1S/C28H21ClN2O2/c29-22-15-13-21(14-16-22)25-26(30-24-12-6-10-20-9-4-5-11-23(20)24)28(33)31(27(25)32)18-17-19-7-2-1-3-8-19/h1-16,30H,17-18H2. The highest BCUT2D eigenvalue weighted by Gasteiger charge is 2.39. The van der Waals surface area contributed by atoms with Crippen molar-refractivity contribution in [3.05, 3.63) is 119 Å². The minimum absolute atomic E-state index is 0.284. The zero-order valence-electron chi connectivity index (χ0n) is 17.8. The Bertz CT molecular complexity index is 1370. The molecule has 1 heterocycles. The quantitative estimate of drug-likeness (QED) is 0.369. The molecule has 33 heavy (non-hydrogen) atoms. The van der Waals surface area contributed by atoms with Crippen molar-refractivity contribution in [2.24, 2.45) is 0 Å². The number of rotatable bonds is 6. The van der Waals surface area contributed by atoms with Crippen molar-refractivity contribution in [2.45, 2.75) is 6.42 Å². The lowest BCUT2D eigenvalue weighted by molar-refractivity contribution is -0.136. The highest BCUT2D eigenvalue weighted by atomic mass is 35.5. The summed E-state index contributed by atoms with van der Waals surface area (Å²) in [5.41, 5.74) is 3.15. The van der Waals surface area contributed by atoms with Crippen molar-refractivity contribution in [1.29, 1.82) is 0 Å². The van der Waals surface area contributed by atoms with Gasteiger partial charge < -0.3 is 5.32 Å². The lowest BCUT2D eigenvalue weighted by Gasteiger charge is -2.15. The van der Waals surface area contributed by atoms with Crippen LogP contribution in [-0.2, 0) is 16.0 Å². The molecule has 0 fully saturated rings. The zero-order valence-corrected chi connectivity index (χ0v) is 18.5. The van der Waals surface area contributed by atoms with Crippen LogP contribution in [0.5, 0.6) is 0 Å². The van der Waals surface area contributed by atoms with Gasteiger partial charge in [-0.3, -0.25) is 14.5 Å². The summed E-state index contributed by atoms with van der Waals surface area (Å²) in [6.07, 6.45) is 0.591. The first-order valence-corrected chi connectivity index (χ1v) is 11.1. The predicted molar refractivity (Wildman–Crippen MR) is 133 cm³/mol. The molecule has 4 nitrogen and oxygen atoms in total. The molecule has 4 aromatic rings. The summed E-state index contributed by atoms with van der Waals surface area (Å²) in [6.45, 7) is 0.305. The van der Waals surface area contributed by atoms with E-state index in [4.69, 9.17) is 11.6 Å². The summed E-state index contributed by atoms with van der Waals surface area (Å²) < 4.78 is 0. The van der Waals surface area contributed by atoms with E-state index in [9.17, 15) is 9.59 Å². The van der Waals surface area contributed by atoms with Gasteiger partial charge in [-0.2, -0.15) is 0 Å². The molecule has 4 aromatic carbocycles. The Morgan fingerprint density at radius 1 is 0.727 bits per heavy atom. The Balaban J connectivity index is 1.53. The van der Waals surface area contributed by atoms with E-state index >= 15 is 0 Å². The number of hydrogen-bond donors (Lipinski definition) is 1. The second kappa shape index (κ2) is 8.93. The first-order valence-electron chi connectivity index (χ1n) is 10.8. The number of halogens is 1. The van der Waals surface area contributed by atoms with Crippen molar-refractivity contribution >= 4 is 45.4 Å². The second-order valence-electron chi connectivity index (χ2n) is 7.91. The number of nitrogens with zero attached hydrogens (tertiary/aromatic N) is 1. The van der Waals surface area contributed by atoms with Gasteiger partial charge in [-0.25, -0.2) is 0 Å². The molecule has 0 spiro atoms. The lowest BCUT2D eigenvalue weighted by atomic mass is 10.0. The van der Waals surface area contributed by atoms with E-state index in [0.29, 0.717) is 29.1 Å². The number of carbonyl (C=O) groups excluding carboxylic acids is 2. The molecule has 0 aromatic heterocycles. The Kier molecular flexibility index (Phi) is 5.68. The van der Waals surface area contributed by atoms with Crippen LogP contribution in [0.3, 0.4) is 0 Å². The first kappa shape index (κ1) is 21.0. The van der Waals surface area contributed by atoms with Crippen LogP contribution in [0.1, 0.15) is 11.1 Å². The molecule has 0 bridgehead atoms. The van der Waals surface area contributed by atoms with Crippen LogP contribution in [0.25, 0.3) is 16.3 Å². The number of benzene rings is 4. The fourth-order valence-corrected chi connectivity index (χ4v) is 4.26. The summed E-state index contributed by atoms with van der Waals surface area (Å²) in [6, 6.07) is 30.6. The van der Waals surface area contributed by atoms with Crippen molar-refractivity contribution in [2.75, 3.05) is 11.9 Å². The number of anilines is 1. The molecular weight excluding hydrogens is 432 g/mol. The highest BCUT2D eigenvalue weighted by molar-refractivity contribution is 6.37. The molecule has 1 N–H and O–H groups in total. The van der Waals surface area contributed by atoms with Crippen LogP contribution < -0.4 is 5.32 Å². The molecule has 0 aliphatic carbocycles. The van der Waals surface area contributed by atoms with Gasteiger partial charge in [0.15, 0.2) is 0 Å². The molecule has 1 aliphatic rings. The average Bonchev–Trinajstić information content (AvgIpc) is 3.08. The van der Waals surface area contributed by atoms with E-state index in [0.717, 1.165) is 22.0 Å². The number of hydrogen-bond acceptors (Lipinski definition) is 3. The molecule has 0 atom stereocenters. The van der Waals surface area contributed by atoms with Crippen LogP contribution in [-0.4, -0.2) is 23.3 Å². The van der Waals surface area contributed by atoms with Crippen LogP contribution >= 0.6 is 11.6 Å². The van der Waals surface area contributed by atoms with Gasteiger partial charge in [0, 0.05) is 22.6 Å². The third-order valence-corrected chi connectivity index (χ3v) is 6.07. The zero-order chi connectivity index (χ0) is 22.8. The SMILES string of the molecule is O=C1C(Nc2cccc3ccccc23)=C(c2ccc(Cl)cc2)C(=O)N1CCc1ccccc1. The molecular formula is C28H21ClN2O2. The van der Waals surface area contributed by atoms with Crippen LogP contribution in [0.15, 0.2) is 103 Å². The number of amides is 2.